The van der Waals surface area contributed by atoms with Crippen LogP contribution < -0.4 is 15.5 Å². The van der Waals surface area contributed by atoms with Crippen molar-refractivity contribution in [3.8, 4) is 5.75 Å². The van der Waals surface area contributed by atoms with Gasteiger partial charge in [0.1, 0.15) is 5.75 Å². The molecule has 1 saturated heterocycles. The number of hydrogen-bond acceptors (Lipinski definition) is 5. The van der Waals surface area contributed by atoms with Crippen LogP contribution in [-0.2, 0) is 4.74 Å². The molecular weight excluding hydrogens is 278 g/mol. The monoisotopic (exact) mass is 295 g/mol. The molecule has 0 aromatic heterocycles. The second kappa shape index (κ2) is 6.91. The number of nitrogens with zero attached hydrogens (tertiary/aromatic N) is 1. The van der Waals surface area contributed by atoms with E-state index in [0.29, 0.717) is 32.1 Å². The molecular formula is C13H17N3O5. The number of carboxylic acids is 1. The third-order valence-electron chi connectivity index (χ3n) is 2.98. The molecule has 1 aliphatic heterocycles. The van der Waals surface area contributed by atoms with Crippen molar-refractivity contribution in [1.82, 2.24) is 10.4 Å². The maximum atomic E-state index is 11.9. The van der Waals surface area contributed by atoms with E-state index in [1.54, 1.807) is 11.1 Å². The van der Waals surface area contributed by atoms with E-state index in [1.807, 2.05) is 0 Å². The number of morpholine rings is 1. The number of methoxy groups -OCH3 is 1. The zero-order valence-electron chi connectivity index (χ0n) is 11.6. The predicted octanol–water partition coefficient (Wildman–Crippen LogP) is 0.762. The molecule has 0 spiro atoms. The number of ether oxygens (including phenoxy) is 2. The fourth-order valence-electron chi connectivity index (χ4n) is 1.91. The smallest absolute Gasteiger partial charge is 0.337 e. The molecule has 0 saturated carbocycles. The molecule has 0 radical (unpaired) electrons. The molecule has 8 heteroatoms. The highest BCUT2D eigenvalue weighted by molar-refractivity contribution is 6.00. The number of aromatic carboxylic acids is 1. The minimum atomic E-state index is -1.14. The topological polar surface area (TPSA) is 100 Å². The van der Waals surface area contributed by atoms with Crippen LogP contribution in [0.25, 0.3) is 0 Å². The Labute approximate surface area is 121 Å². The lowest BCUT2D eigenvalue weighted by Gasteiger charge is -2.27. The average Bonchev–Trinajstić information content (AvgIpc) is 2.48. The fourth-order valence-corrected chi connectivity index (χ4v) is 1.91. The van der Waals surface area contributed by atoms with E-state index in [-0.39, 0.29) is 11.3 Å². The van der Waals surface area contributed by atoms with Crippen molar-refractivity contribution in [3.63, 3.8) is 0 Å². The van der Waals surface area contributed by atoms with Gasteiger partial charge in [0.05, 0.1) is 31.6 Å². The van der Waals surface area contributed by atoms with Gasteiger partial charge in [-0.2, -0.15) is 0 Å². The lowest BCUT2D eigenvalue weighted by atomic mass is 10.1. The van der Waals surface area contributed by atoms with E-state index < -0.39 is 12.0 Å². The van der Waals surface area contributed by atoms with Crippen LogP contribution in [0, 0.1) is 0 Å². The lowest BCUT2D eigenvalue weighted by molar-refractivity contribution is 0.0207. The van der Waals surface area contributed by atoms with Gasteiger partial charge in [0.2, 0.25) is 0 Å². The van der Waals surface area contributed by atoms with Crippen LogP contribution in [0.2, 0.25) is 0 Å². The van der Waals surface area contributed by atoms with Gasteiger partial charge in [0.25, 0.3) is 0 Å². The van der Waals surface area contributed by atoms with Gasteiger partial charge in [-0.05, 0) is 18.2 Å². The Morgan fingerprint density at radius 1 is 1.33 bits per heavy atom. The Bertz CT molecular complexity index is 529. The van der Waals surface area contributed by atoms with Crippen molar-refractivity contribution in [3.05, 3.63) is 23.8 Å². The van der Waals surface area contributed by atoms with Crippen LogP contribution >= 0.6 is 0 Å². The first-order valence-corrected chi connectivity index (χ1v) is 6.42. The molecule has 21 heavy (non-hydrogen) atoms. The molecule has 0 bridgehead atoms. The molecule has 1 heterocycles. The van der Waals surface area contributed by atoms with Crippen LogP contribution in [-0.4, -0.2) is 55.5 Å². The summed E-state index contributed by atoms with van der Waals surface area (Å²) in [4.78, 5) is 23.1. The highest BCUT2D eigenvalue weighted by Gasteiger charge is 2.16. The maximum Gasteiger partial charge on any atom is 0.337 e. The summed E-state index contributed by atoms with van der Waals surface area (Å²) in [6, 6.07) is 3.93. The normalized spacial score (nSPS) is 15.3. The molecule has 1 aromatic carbocycles. The highest BCUT2D eigenvalue weighted by Crippen LogP contribution is 2.22. The van der Waals surface area contributed by atoms with Gasteiger partial charge >= 0.3 is 12.0 Å². The largest absolute Gasteiger partial charge is 0.497 e. The number of carbonyl (C=O) groups excluding carboxylic acids is 1. The fraction of sp³-hybridized carbons (Fsp3) is 0.385. The Morgan fingerprint density at radius 2 is 2.05 bits per heavy atom. The summed E-state index contributed by atoms with van der Waals surface area (Å²) in [6.07, 6.45) is 0. The third kappa shape index (κ3) is 4.07. The number of nitrogens with one attached hydrogen (secondary N) is 2. The first kappa shape index (κ1) is 15.1. The molecule has 114 valence electrons. The van der Waals surface area contributed by atoms with Crippen molar-refractivity contribution in [2.75, 3.05) is 38.7 Å². The number of rotatable bonds is 4. The Balaban J connectivity index is 2.04. The number of anilines is 1. The summed E-state index contributed by atoms with van der Waals surface area (Å²) in [5.41, 5.74) is 2.81. The Kier molecular flexibility index (Phi) is 4.96. The zero-order valence-corrected chi connectivity index (χ0v) is 11.6. The second-order valence-corrected chi connectivity index (χ2v) is 4.38. The van der Waals surface area contributed by atoms with Crippen LogP contribution in [0.5, 0.6) is 5.75 Å². The first-order valence-electron chi connectivity index (χ1n) is 6.42. The molecule has 1 fully saturated rings. The Hall–Kier alpha value is -2.32. The van der Waals surface area contributed by atoms with Crippen molar-refractivity contribution in [2.24, 2.45) is 0 Å². The molecule has 2 amide bonds. The van der Waals surface area contributed by atoms with Gasteiger partial charge in [0, 0.05) is 13.1 Å². The first-order chi connectivity index (χ1) is 10.1. The minimum absolute atomic E-state index is 0.0357. The van der Waals surface area contributed by atoms with Crippen LogP contribution in [0.3, 0.4) is 0 Å². The van der Waals surface area contributed by atoms with Crippen LogP contribution in [0.4, 0.5) is 10.5 Å². The standard InChI is InChI=1S/C13H17N3O5/c1-20-9-2-3-11(10(8-9)12(17)18)14-13(19)15-16-4-6-21-7-5-16/h2-3,8H,4-7H2,1H3,(H,17,18)(H2,14,15,19). The molecule has 1 aromatic rings. The molecule has 0 atom stereocenters. The third-order valence-corrected chi connectivity index (χ3v) is 2.98. The summed E-state index contributed by atoms with van der Waals surface area (Å²) < 4.78 is 10.1. The van der Waals surface area contributed by atoms with E-state index in [1.165, 1.54) is 19.2 Å². The van der Waals surface area contributed by atoms with Crippen molar-refractivity contribution < 1.29 is 24.2 Å². The highest BCUT2D eigenvalue weighted by atomic mass is 16.5. The number of carboxylic acid groups (broad SMARTS) is 1. The number of hydrazine groups is 1. The van der Waals surface area contributed by atoms with Gasteiger partial charge in [-0.15, -0.1) is 0 Å². The van der Waals surface area contributed by atoms with Crippen molar-refractivity contribution in [1.29, 1.82) is 0 Å². The molecule has 0 aliphatic carbocycles. The Morgan fingerprint density at radius 3 is 2.67 bits per heavy atom. The van der Waals surface area contributed by atoms with Gasteiger partial charge in [-0.3, -0.25) is 5.43 Å². The second-order valence-electron chi connectivity index (χ2n) is 4.38. The van der Waals surface area contributed by atoms with Crippen molar-refractivity contribution >= 4 is 17.7 Å². The molecule has 2 rings (SSSR count). The number of carbonyl (C=O) groups is 2. The predicted molar refractivity (Wildman–Crippen MR) is 74.5 cm³/mol. The summed E-state index contributed by atoms with van der Waals surface area (Å²) in [7, 11) is 1.44. The van der Waals surface area contributed by atoms with Gasteiger partial charge in [-0.25, -0.2) is 14.6 Å². The van der Waals surface area contributed by atoms with Gasteiger partial charge < -0.3 is 19.9 Å². The van der Waals surface area contributed by atoms with Gasteiger partial charge in [0.15, 0.2) is 0 Å². The molecule has 1 aliphatic rings. The van der Waals surface area contributed by atoms with E-state index in [9.17, 15) is 9.59 Å². The average molecular weight is 295 g/mol. The minimum Gasteiger partial charge on any atom is -0.497 e. The lowest BCUT2D eigenvalue weighted by Crippen LogP contribution is -2.49. The van der Waals surface area contributed by atoms with E-state index in [0.717, 1.165) is 0 Å². The SMILES string of the molecule is COc1ccc(NC(=O)NN2CCOCC2)c(C(=O)O)c1. The molecule has 3 N–H and O–H groups in total. The van der Waals surface area contributed by atoms with Crippen LogP contribution in [0.15, 0.2) is 18.2 Å². The molecule has 8 nitrogen and oxygen atoms in total. The summed E-state index contributed by atoms with van der Waals surface area (Å²) >= 11 is 0. The summed E-state index contributed by atoms with van der Waals surface area (Å²) in [6.45, 7) is 2.26. The number of amides is 2. The molecule has 0 unspecified atom stereocenters. The van der Waals surface area contributed by atoms with E-state index in [4.69, 9.17) is 14.6 Å². The number of benzene rings is 1. The summed E-state index contributed by atoms with van der Waals surface area (Å²) in [5, 5.41) is 13.4. The van der Waals surface area contributed by atoms with Gasteiger partial charge in [-0.1, -0.05) is 0 Å². The van der Waals surface area contributed by atoms with Crippen LogP contribution in [0.1, 0.15) is 10.4 Å². The maximum absolute atomic E-state index is 11.9. The number of hydrogen-bond donors (Lipinski definition) is 3. The number of urea groups is 1. The quantitative estimate of drug-likeness (QED) is 0.758. The zero-order chi connectivity index (χ0) is 15.2. The van der Waals surface area contributed by atoms with Crippen molar-refractivity contribution in [2.45, 2.75) is 0 Å². The summed E-state index contributed by atoms with van der Waals surface area (Å²) in [5.74, 6) is -0.734. The van der Waals surface area contributed by atoms with E-state index >= 15 is 0 Å². The van der Waals surface area contributed by atoms with E-state index in [2.05, 4.69) is 10.7 Å².